The van der Waals surface area contributed by atoms with Crippen LogP contribution in [-0.2, 0) is 6.18 Å². The van der Waals surface area contributed by atoms with Gasteiger partial charge < -0.3 is 15.0 Å². The number of amides is 1. The van der Waals surface area contributed by atoms with E-state index in [1.165, 1.54) is 0 Å². The van der Waals surface area contributed by atoms with E-state index >= 15 is 0 Å². The van der Waals surface area contributed by atoms with Crippen molar-refractivity contribution in [3.8, 4) is 11.4 Å². The molecule has 0 aliphatic carbocycles. The number of nitrogens with zero attached hydrogens (tertiary/aromatic N) is 3. The lowest BCUT2D eigenvalue weighted by Crippen LogP contribution is -2.33. The minimum Gasteiger partial charge on any atom is -0.494 e. The van der Waals surface area contributed by atoms with Gasteiger partial charge in [-0.05, 0) is 43.3 Å². The summed E-state index contributed by atoms with van der Waals surface area (Å²) in [6.07, 6.45) is -3.64. The number of alkyl halides is 3. The van der Waals surface area contributed by atoms with Crippen LogP contribution < -0.4 is 15.0 Å². The first kappa shape index (κ1) is 22.2. The van der Waals surface area contributed by atoms with Crippen LogP contribution in [0.3, 0.4) is 0 Å². The molecule has 9 heteroatoms. The van der Waals surface area contributed by atoms with Crippen LogP contribution in [-0.4, -0.2) is 42.4 Å². The molecule has 1 amide bonds. The van der Waals surface area contributed by atoms with Gasteiger partial charge in [0.1, 0.15) is 5.75 Å². The van der Waals surface area contributed by atoms with Crippen LogP contribution in [0.5, 0.6) is 5.75 Å². The molecule has 3 rings (SSSR count). The Morgan fingerprint density at radius 3 is 2.42 bits per heavy atom. The molecule has 0 spiro atoms. The van der Waals surface area contributed by atoms with Gasteiger partial charge in [0.2, 0.25) is 0 Å². The molecular formula is C22H23F3N4O2. The third kappa shape index (κ3) is 5.56. The van der Waals surface area contributed by atoms with Gasteiger partial charge in [-0.3, -0.25) is 4.79 Å². The fraction of sp³-hybridized carbons (Fsp3) is 0.273. The zero-order valence-corrected chi connectivity index (χ0v) is 17.2. The molecule has 31 heavy (non-hydrogen) atoms. The molecule has 0 saturated carbocycles. The predicted molar refractivity (Wildman–Crippen MR) is 112 cm³/mol. The molecule has 0 atom stereocenters. The summed E-state index contributed by atoms with van der Waals surface area (Å²) in [4.78, 5) is 14.4. The molecule has 0 radical (unpaired) electrons. The van der Waals surface area contributed by atoms with E-state index in [4.69, 9.17) is 4.74 Å². The molecule has 0 fully saturated rings. The van der Waals surface area contributed by atoms with E-state index < -0.39 is 23.3 Å². The third-order valence-corrected chi connectivity index (χ3v) is 4.57. The number of hydrogen-bond donors (Lipinski definition) is 1. The summed E-state index contributed by atoms with van der Waals surface area (Å²) >= 11 is 0. The van der Waals surface area contributed by atoms with Crippen LogP contribution in [0.2, 0.25) is 0 Å². The van der Waals surface area contributed by atoms with E-state index in [1.807, 2.05) is 43.1 Å². The maximum atomic E-state index is 13.4. The standard InChI is InChI=1S/C22H23F3N4O2/c1-3-31-18-11-9-16(10-12-18)28(2)14-13-26-21(30)19-15-29(17-7-5-4-6-8-17)27-20(19)22(23,24)25/h4-12,15H,3,13-14H2,1-2H3,(H,26,30). The van der Waals surface area contributed by atoms with Crippen LogP contribution in [0, 0.1) is 0 Å². The highest BCUT2D eigenvalue weighted by Crippen LogP contribution is 2.31. The smallest absolute Gasteiger partial charge is 0.435 e. The van der Waals surface area contributed by atoms with Gasteiger partial charge in [-0.2, -0.15) is 18.3 Å². The first-order valence-electron chi connectivity index (χ1n) is 9.74. The predicted octanol–water partition coefficient (Wildman–Crippen LogP) is 4.16. The summed E-state index contributed by atoms with van der Waals surface area (Å²) in [5, 5.41) is 6.15. The van der Waals surface area contributed by atoms with Crippen molar-refractivity contribution in [2.45, 2.75) is 13.1 Å². The van der Waals surface area contributed by atoms with E-state index in [2.05, 4.69) is 10.4 Å². The monoisotopic (exact) mass is 432 g/mol. The summed E-state index contributed by atoms with van der Waals surface area (Å²) in [7, 11) is 1.83. The molecule has 0 aliphatic heterocycles. The molecule has 164 valence electrons. The number of ether oxygens (including phenoxy) is 1. The van der Waals surface area contributed by atoms with E-state index in [9.17, 15) is 18.0 Å². The lowest BCUT2D eigenvalue weighted by atomic mass is 10.2. The number of hydrogen-bond acceptors (Lipinski definition) is 4. The Balaban J connectivity index is 1.66. The second kappa shape index (κ2) is 9.55. The number of aromatic nitrogens is 2. The van der Waals surface area contributed by atoms with E-state index in [1.54, 1.807) is 30.3 Å². The van der Waals surface area contributed by atoms with Gasteiger partial charge in [0.05, 0.1) is 17.9 Å². The van der Waals surface area contributed by atoms with Crippen LogP contribution in [0.15, 0.2) is 60.8 Å². The Hall–Kier alpha value is -3.49. The molecule has 0 saturated heterocycles. The molecular weight excluding hydrogens is 409 g/mol. The van der Waals surface area contributed by atoms with Crippen LogP contribution in [0.1, 0.15) is 23.0 Å². The van der Waals surface area contributed by atoms with Crippen molar-refractivity contribution in [2.75, 3.05) is 31.6 Å². The Bertz CT molecular complexity index is 1000. The van der Waals surface area contributed by atoms with Crippen molar-refractivity contribution in [1.29, 1.82) is 0 Å². The van der Waals surface area contributed by atoms with Crippen molar-refractivity contribution in [3.05, 3.63) is 72.1 Å². The molecule has 1 N–H and O–H groups in total. The number of anilines is 1. The molecule has 1 aromatic heterocycles. The number of nitrogens with one attached hydrogen (secondary N) is 1. The second-order valence-electron chi connectivity index (χ2n) is 6.77. The summed E-state index contributed by atoms with van der Waals surface area (Å²) in [5.74, 6) is -0.0716. The molecule has 0 bridgehead atoms. The number of halogens is 3. The van der Waals surface area contributed by atoms with Crippen LogP contribution in [0.25, 0.3) is 5.69 Å². The molecule has 1 heterocycles. The van der Waals surface area contributed by atoms with Gasteiger partial charge in [-0.1, -0.05) is 18.2 Å². The topological polar surface area (TPSA) is 59.4 Å². The van der Waals surface area contributed by atoms with E-state index in [0.29, 0.717) is 18.8 Å². The first-order valence-corrected chi connectivity index (χ1v) is 9.74. The van der Waals surface area contributed by atoms with Crippen molar-refractivity contribution >= 4 is 11.6 Å². The maximum Gasteiger partial charge on any atom is 0.435 e. The Labute approximate surface area is 178 Å². The number of para-hydroxylation sites is 1. The summed E-state index contributed by atoms with van der Waals surface area (Å²) in [6.45, 7) is 3.04. The van der Waals surface area contributed by atoms with Gasteiger partial charge in [-0.25, -0.2) is 4.68 Å². The molecule has 3 aromatic rings. The quantitative estimate of drug-likeness (QED) is 0.581. The second-order valence-corrected chi connectivity index (χ2v) is 6.77. The van der Waals surface area contributed by atoms with Crippen LogP contribution >= 0.6 is 0 Å². The highest BCUT2D eigenvalue weighted by Gasteiger charge is 2.39. The van der Waals surface area contributed by atoms with Crippen molar-refractivity contribution in [1.82, 2.24) is 15.1 Å². The molecule has 0 aliphatic rings. The van der Waals surface area contributed by atoms with Crippen LogP contribution in [0.4, 0.5) is 18.9 Å². The zero-order chi connectivity index (χ0) is 22.4. The van der Waals surface area contributed by atoms with Crippen molar-refractivity contribution < 1.29 is 22.7 Å². The zero-order valence-electron chi connectivity index (χ0n) is 17.2. The highest BCUT2D eigenvalue weighted by molar-refractivity contribution is 5.95. The summed E-state index contributed by atoms with van der Waals surface area (Å²) < 4.78 is 46.7. The Morgan fingerprint density at radius 1 is 1.13 bits per heavy atom. The van der Waals surface area contributed by atoms with E-state index in [-0.39, 0.29) is 6.54 Å². The lowest BCUT2D eigenvalue weighted by Gasteiger charge is -2.20. The third-order valence-electron chi connectivity index (χ3n) is 4.57. The van der Waals surface area contributed by atoms with Gasteiger partial charge in [0.25, 0.3) is 5.91 Å². The van der Waals surface area contributed by atoms with Crippen molar-refractivity contribution in [2.24, 2.45) is 0 Å². The highest BCUT2D eigenvalue weighted by atomic mass is 19.4. The molecule has 0 unspecified atom stereocenters. The van der Waals surface area contributed by atoms with Gasteiger partial charge in [0.15, 0.2) is 5.69 Å². The molecule has 2 aromatic carbocycles. The normalized spacial score (nSPS) is 11.3. The molecule has 6 nitrogen and oxygen atoms in total. The fourth-order valence-corrected chi connectivity index (χ4v) is 2.99. The minimum absolute atomic E-state index is 0.163. The number of benzene rings is 2. The minimum atomic E-state index is -4.74. The number of rotatable bonds is 8. The fourth-order valence-electron chi connectivity index (χ4n) is 2.99. The first-order chi connectivity index (χ1) is 14.8. The Kier molecular flexibility index (Phi) is 6.84. The average Bonchev–Trinajstić information content (AvgIpc) is 3.21. The number of carbonyl (C=O) groups excluding carboxylic acids is 1. The maximum absolute atomic E-state index is 13.4. The average molecular weight is 432 g/mol. The SMILES string of the molecule is CCOc1ccc(N(C)CCNC(=O)c2cn(-c3ccccc3)nc2C(F)(F)F)cc1. The van der Waals surface area contributed by atoms with Crippen molar-refractivity contribution in [3.63, 3.8) is 0 Å². The summed E-state index contributed by atoms with van der Waals surface area (Å²) in [6, 6.07) is 15.7. The summed E-state index contributed by atoms with van der Waals surface area (Å²) in [5.41, 5.74) is -0.401. The Morgan fingerprint density at radius 2 is 1.81 bits per heavy atom. The number of likely N-dealkylation sites (N-methyl/N-ethyl adjacent to an activating group) is 1. The van der Waals surface area contributed by atoms with E-state index in [0.717, 1.165) is 22.3 Å². The number of carbonyl (C=O) groups is 1. The largest absolute Gasteiger partial charge is 0.494 e. The van der Waals surface area contributed by atoms with Gasteiger partial charge >= 0.3 is 6.18 Å². The van der Waals surface area contributed by atoms with Gasteiger partial charge in [-0.15, -0.1) is 0 Å². The van der Waals surface area contributed by atoms with Gasteiger partial charge in [0, 0.05) is 32.0 Å². The lowest BCUT2D eigenvalue weighted by molar-refractivity contribution is -0.141.